The summed E-state index contributed by atoms with van der Waals surface area (Å²) in [5.41, 5.74) is 0.324. The van der Waals surface area contributed by atoms with Gasteiger partial charge in [0.2, 0.25) is 0 Å². The number of carbonyl (C=O) groups excluding carboxylic acids is 1. The van der Waals surface area contributed by atoms with Gasteiger partial charge < -0.3 is 4.74 Å². The van der Waals surface area contributed by atoms with Gasteiger partial charge in [-0.2, -0.15) is 8.42 Å². The van der Waals surface area contributed by atoms with Crippen LogP contribution in [0.3, 0.4) is 0 Å². The minimum Gasteiger partial charge on any atom is -0.443 e. The number of nitrogens with zero attached hydrogens (tertiary/aromatic N) is 1. The molecule has 1 heterocycles. The highest BCUT2D eigenvalue weighted by atomic mass is 127. The minimum absolute atomic E-state index is 0.0292. The molecule has 0 unspecified atom stereocenters. The molecule has 1 aromatic carbocycles. The van der Waals surface area contributed by atoms with Crippen molar-refractivity contribution in [3.05, 3.63) is 27.6 Å². The zero-order valence-electron chi connectivity index (χ0n) is 10.4. The van der Waals surface area contributed by atoms with Gasteiger partial charge in [-0.25, -0.2) is 9.18 Å². The topological polar surface area (TPSA) is 72.9 Å². The van der Waals surface area contributed by atoms with Gasteiger partial charge in [0.15, 0.2) is 0 Å². The molecule has 1 aliphatic heterocycles. The van der Waals surface area contributed by atoms with Gasteiger partial charge in [-0.05, 0) is 40.8 Å². The molecule has 9 heteroatoms. The van der Waals surface area contributed by atoms with E-state index in [0.717, 1.165) is 7.11 Å². The fourth-order valence-corrected chi connectivity index (χ4v) is 2.87. The predicted octanol–water partition coefficient (Wildman–Crippen LogP) is 1.73. The normalized spacial score (nSPS) is 19.2. The Morgan fingerprint density at radius 2 is 2.25 bits per heavy atom. The molecule has 0 aliphatic carbocycles. The van der Waals surface area contributed by atoms with Gasteiger partial charge >= 0.3 is 6.09 Å². The van der Waals surface area contributed by atoms with E-state index in [9.17, 15) is 17.6 Å². The van der Waals surface area contributed by atoms with Gasteiger partial charge in [-0.3, -0.25) is 9.08 Å². The number of cyclic esters (lactones) is 1. The summed E-state index contributed by atoms with van der Waals surface area (Å²) in [5.74, 6) is -0.887. The largest absolute Gasteiger partial charge is 0.443 e. The van der Waals surface area contributed by atoms with Crippen molar-refractivity contribution < 1.29 is 26.5 Å². The molecule has 0 radical (unpaired) electrons. The first-order valence-corrected chi connectivity index (χ1v) is 8.19. The molecule has 0 bridgehead atoms. The van der Waals surface area contributed by atoms with Gasteiger partial charge in [0.05, 0.1) is 19.3 Å². The van der Waals surface area contributed by atoms with Crippen LogP contribution < -0.4 is 4.90 Å². The van der Waals surface area contributed by atoms with Gasteiger partial charge in [0.25, 0.3) is 10.1 Å². The number of benzene rings is 1. The van der Waals surface area contributed by atoms with Crippen LogP contribution in [0.15, 0.2) is 18.2 Å². The van der Waals surface area contributed by atoms with Gasteiger partial charge in [0.1, 0.15) is 17.7 Å². The van der Waals surface area contributed by atoms with Crippen molar-refractivity contribution in [3.8, 4) is 0 Å². The van der Waals surface area contributed by atoms with Crippen LogP contribution >= 0.6 is 22.6 Å². The van der Waals surface area contributed by atoms with Crippen LogP contribution in [0.25, 0.3) is 0 Å². The number of hydrogen-bond acceptors (Lipinski definition) is 5. The Balaban J connectivity index is 2.15. The van der Waals surface area contributed by atoms with Crippen molar-refractivity contribution in [2.45, 2.75) is 6.10 Å². The number of halogens is 2. The lowest BCUT2D eigenvalue weighted by atomic mass is 10.3. The molecule has 1 aromatic rings. The van der Waals surface area contributed by atoms with Gasteiger partial charge in [-0.15, -0.1) is 0 Å². The smallest absolute Gasteiger partial charge is 0.414 e. The molecule has 0 saturated carbocycles. The monoisotopic (exact) mass is 415 g/mol. The Kier molecular flexibility index (Phi) is 4.49. The van der Waals surface area contributed by atoms with Crippen molar-refractivity contribution in [1.82, 2.24) is 0 Å². The third kappa shape index (κ3) is 3.38. The fourth-order valence-electron chi connectivity index (χ4n) is 1.77. The van der Waals surface area contributed by atoms with Crippen LogP contribution in [0.2, 0.25) is 0 Å². The van der Waals surface area contributed by atoms with E-state index >= 15 is 0 Å². The van der Waals surface area contributed by atoms with E-state index in [1.165, 1.54) is 17.0 Å². The quantitative estimate of drug-likeness (QED) is 0.554. The van der Waals surface area contributed by atoms with Crippen LogP contribution in [-0.2, 0) is 19.0 Å². The maximum atomic E-state index is 13.5. The van der Waals surface area contributed by atoms with Crippen molar-refractivity contribution in [2.75, 3.05) is 24.3 Å². The van der Waals surface area contributed by atoms with Crippen LogP contribution in [0.1, 0.15) is 0 Å². The number of hydrogen-bond donors (Lipinski definition) is 0. The lowest BCUT2D eigenvalue weighted by Crippen LogP contribution is -2.28. The number of ether oxygens (including phenoxy) is 1. The fraction of sp³-hybridized carbons (Fsp3) is 0.364. The van der Waals surface area contributed by atoms with Crippen molar-refractivity contribution in [3.63, 3.8) is 0 Å². The molecule has 110 valence electrons. The van der Waals surface area contributed by atoms with E-state index in [2.05, 4.69) is 4.18 Å². The second-order valence-electron chi connectivity index (χ2n) is 4.11. The van der Waals surface area contributed by atoms with Crippen LogP contribution in [0.5, 0.6) is 0 Å². The van der Waals surface area contributed by atoms with E-state index in [4.69, 9.17) is 4.74 Å². The van der Waals surface area contributed by atoms with E-state index in [1.54, 1.807) is 6.07 Å². The first kappa shape index (κ1) is 15.4. The zero-order chi connectivity index (χ0) is 14.9. The maximum absolute atomic E-state index is 13.5. The average molecular weight is 415 g/mol. The molecule has 2 rings (SSSR count). The molecule has 1 amide bonds. The third-order valence-corrected chi connectivity index (χ3v) is 4.90. The third-order valence-electron chi connectivity index (χ3n) is 2.73. The number of anilines is 1. The summed E-state index contributed by atoms with van der Waals surface area (Å²) in [6.45, 7) is 0.0292. The standard InChI is InChI=1S/C11H11FINO5S/c1-18-20(16,17)6-8-5-14(11(15)19-8)7-2-3-10(13)9(12)4-7/h2-4,8H,5-6H2,1H3/t8-/m1/s1. The summed E-state index contributed by atoms with van der Waals surface area (Å²) < 4.78 is 45.8. The highest BCUT2D eigenvalue weighted by Gasteiger charge is 2.35. The summed E-state index contributed by atoms with van der Waals surface area (Å²) in [5, 5.41) is 0. The van der Waals surface area contributed by atoms with Crippen molar-refractivity contribution in [2.24, 2.45) is 0 Å². The predicted molar refractivity (Wildman–Crippen MR) is 77.5 cm³/mol. The Morgan fingerprint density at radius 1 is 1.55 bits per heavy atom. The number of carbonyl (C=O) groups is 1. The summed E-state index contributed by atoms with van der Waals surface area (Å²) >= 11 is 1.83. The first-order chi connectivity index (χ1) is 9.32. The Bertz CT molecular complexity index is 636. The summed E-state index contributed by atoms with van der Waals surface area (Å²) in [6, 6.07) is 4.30. The van der Waals surface area contributed by atoms with E-state index < -0.39 is 33.9 Å². The number of rotatable bonds is 4. The molecule has 0 aromatic heterocycles. The lowest BCUT2D eigenvalue weighted by Gasteiger charge is -2.13. The maximum Gasteiger partial charge on any atom is 0.414 e. The number of amides is 1. The Hall–Kier alpha value is -0.940. The van der Waals surface area contributed by atoms with Gasteiger partial charge in [0, 0.05) is 3.57 Å². The lowest BCUT2D eigenvalue weighted by molar-refractivity contribution is 0.150. The summed E-state index contributed by atoms with van der Waals surface area (Å²) in [4.78, 5) is 12.9. The molecule has 1 saturated heterocycles. The van der Waals surface area contributed by atoms with Crippen LogP contribution in [0, 0.1) is 9.39 Å². The molecule has 20 heavy (non-hydrogen) atoms. The van der Waals surface area contributed by atoms with E-state index in [-0.39, 0.29) is 6.54 Å². The average Bonchev–Trinajstić information content (AvgIpc) is 2.73. The second-order valence-corrected chi connectivity index (χ2v) is 7.05. The van der Waals surface area contributed by atoms with Crippen LogP contribution in [0.4, 0.5) is 14.9 Å². The molecule has 6 nitrogen and oxygen atoms in total. The minimum atomic E-state index is -3.73. The Morgan fingerprint density at radius 3 is 2.85 bits per heavy atom. The molecule has 1 atom stereocenters. The van der Waals surface area contributed by atoms with E-state index in [0.29, 0.717) is 9.26 Å². The summed E-state index contributed by atoms with van der Waals surface area (Å²) in [7, 11) is -2.69. The highest BCUT2D eigenvalue weighted by molar-refractivity contribution is 14.1. The highest BCUT2D eigenvalue weighted by Crippen LogP contribution is 2.25. The SMILES string of the molecule is COS(=O)(=O)C[C@H]1CN(c2ccc(I)c(F)c2)C(=O)O1. The molecule has 0 spiro atoms. The van der Waals surface area contributed by atoms with Gasteiger partial charge in [-0.1, -0.05) is 0 Å². The molecular formula is C11H11FINO5S. The molecular weight excluding hydrogens is 404 g/mol. The zero-order valence-corrected chi connectivity index (χ0v) is 13.4. The van der Waals surface area contributed by atoms with Crippen LogP contribution in [-0.4, -0.2) is 40.0 Å². The van der Waals surface area contributed by atoms with Crippen molar-refractivity contribution >= 4 is 44.5 Å². The Labute approximate surface area is 129 Å². The first-order valence-electron chi connectivity index (χ1n) is 5.54. The second kappa shape index (κ2) is 5.82. The van der Waals surface area contributed by atoms with E-state index in [1.807, 2.05) is 22.6 Å². The summed E-state index contributed by atoms with van der Waals surface area (Å²) in [6.07, 6.45) is -1.54. The molecule has 1 aliphatic rings. The molecule has 0 N–H and O–H groups in total. The molecule has 1 fully saturated rings. The van der Waals surface area contributed by atoms with Crippen molar-refractivity contribution in [1.29, 1.82) is 0 Å².